The maximum absolute atomic E-state index is 9.62. The molecule has 0 saturated heterocycles. The van der Waals surface area contributed by atoms with Crippen LogP contribution in [0.3, 0.4) is 0 Å². The standard InChI is InChI=1S/C11H13ClN2O/c1-14-6-9(12)8-3-2-7(4-10(8)14)11(15)5-13/h2-4,6,11,15H,5,13H2,1H3. The van der Waals surface area contributed by atoms with E-state index in [1.807, 2.05) is 36.0 Å². The zero-order valence-electron chi connectivity index (χ0n) is 8.44. The Morgan fingerprint density at radius 3 is 2.93 bits per heavy atom. The summed E-state index contributed by atoms with van der Waals surface area (Å²) in [6.45, 7) is 0.226. The Hall–Kier alpha value is -1.03. The minimum absolute atomic E-state index is 0.226. The quantitative estimate of drug-likeness (QED) is 0.818. The number of aliphatic hydroxyl groups excluding tert-OH is 1. The van der Waals surface area contributed by atoms with Crippen molar-refractivity contribution in [1.82, 2.24) is 4.57 Å². The highest BCUT2D eigenvalue weighted by Crippen LogP contribution is 2.27. The number of aliphatic hydroxyl groups is 1. The van der Waals surface area contributed by atoms with E-state index in [4.69, 9.17) is 17.3 Å². The molecule has 0 amide bonds. The van der Waals surface area contributed by atoms with Crippen LogP contribution in [0.1, 0.15) is 11.7 Å². The van der Waals surface area contributed by atoms with Gasteiger partial charge < -0.3 is 15.4 Å². The first kappa shape index (κ1) is 10.5. The number of hydrogen-bond acceptors (Lipinski definition) is 2. The monoisotopic (exact) mass is 224 g/mol. The van der Waals surface area contributed by atoms with E-state index in [0.29, 0.717) is 0 Å². The fourth-order valence-corrected chi connectivity index (χ4v) is 2.00. The largest absolute Gasteiger partial charge is 0.387 e. The second-order valence-corrected chi connectivity index (χ2v) is 4.02. The lowest BCUT2D eigenvalue weighted by Crippen LogP contribution is -2.11. The average Bonchev–Trinajstić information content (AvgIpc) is 2.53. The van der Waals surface area contributed by atoms with Gasteiger partial charge in [-0.1, -0.05) is 23.7 Å². The predicted octanol–water partition coefficient (Wildman–Crippen LogP) is 1.82. The molecule has 0 aliphatic rings. The van der Waals surface area contributed by atoms with Gasteiger partial charge in [-0.3, -0.25) is 0 Å². The van der Waals surface area contributed by atoms with Crippen molar-refractivity contribution in [2.24, 2.45) is 12.8 Å². The van der Waals surface area contributed by atoms with Gasteiger partial charge in [0.15, 0.2) is 0 Å². The van der Waals surface area contributed by atoms with Gasteiger partial charge in [-0.25, -0.2) is 0 Å². The van der Waals surface area contributed by atoms with Gasteiger partial charge in [0, 0.05) is 30.7 Å². The van der Waals surface area contributed by atoms with Gasteiger partial charge in [-0.15, -0.1) is 0 Å². The molecule has 15 heavy (non-hydrogen) atoms. The Balaban J connectivity index is 2.60. The van der Waals surface area contributed by atoms with Crippen molar-refractivity contribution in [2.45, 2.75) is 6.10 Å². The van der Waals surface area contributed by atoms with Gasteiger partial charge in [0.25, 0.3) is 0 Å². The summed E-state index contributed by atoms with van der Waals surface area (Å²) in [7, 11) is 1.92. The molecule has 3 nitrogen and oxygen atoms in total. The first-order chi connectivity index (χ1) is 7.13. The third-order valence-corrected chi connectivity index (χ3v) is 2.88. The van der Waals surface area contributed by atoms with E-state index in [-0.39, 0.29) is 6.54 Å². The number of fused-ring (bicyclic) bond motifs is 1. The van der Waals surface area contributed by atoms with Crippen LogP contribution >= 0.6 is 11.6 Å². The van der Waals surface area contributed by atoms with Crippen LogP contribution < -0.4 is 5.73 Å². The van der Waals surface area contributed by atoms with E-state index in [1.165, 1.54) is 0 Å². The van der Waals surface area contributed by atoms with Crippen LogP contribution in [0, 0.1) is 0 Å². The third kappa shape index (κ3) is 1.74. The molecular formula is C11H13ClN2O. The van der Waals surface area contributed by atoms with E-state index in [9.17, 15) is 5.11 Å². The van der Waals surface area contributed by atoms with E-state index in [1.54, 1.807) is 0 Å². The summed E-state index contributed by atoms with van der Waals surface area (Å²) in [5.74, 6) is 0. The Morgan fingerprint density at radius 2 is 2.27 bits per heavy atom. The molecule has 0 spiro atoms. The maximum atomic E-state index is 9.62. The minimum Gasteiger partial charge on any atom is -0.387 e. The molecule has 1 aromatic heterocycles. The lowest BCUT2D eigenvalue weighted by molar-refractivity contribution is 0.187. The van der Waals surface area contributed by atoms with E-state index in [0.717, 1.165) is 21.5 Å². The van der Waals surface area contributed by atoms with Gasteiger partial charge in [-0.05, 0) is 11.6 Å². The molecule has 1 atom stereocenters. The molecule has 4 heteroatoms. The number of nitrogens with zero attached hydrogens (tertiary/aromatic N) is 1. The summed E-state index contributed by atoms with van der Waals surface area (Å²) >= 11 is 6.04. The van der Waals surface area contributed by atoms with E-state index >= 15 is 0 Å². The van der Waals surface area contributed by atoms with Crippen LogP contribution in [-0.4, -0.2) is 16.2 Å². The number of aryl methyl sites for hydroxylation is 1. The third-order valence-electron chi connectivity index (χ3n) is 2.57. The summed E-state index contributed by atoms with van der Waals surface area (Å²) in [6.07, 6.45) is 1.24. The SMILES string of the molecule is Cn1cc(Cl)c2ccc(C(O)CN)cc21. The molecule has 0 aliphatic heterocycles. The number of rotatable bonds is 2. The topological polar surface area (TPSA) is 51.2 Å². The second kappa shape index (κ2) is 3.85. The maximum Gasteiger partial charge on any atom is 0.0912 e. The molecular weight excluding hydrogens is 212 g/mol. The lowest BCUT2D eigenvalue weighted by Gasteiger charge is -2.08. The summed E-state index contributed by atoms with van der Waals surface area (Å²) in [6, 6.07) is 5.68. The first-order valence-electron chi connectivity index (χ1n) is 4.76. The number of nitrogens with two attached hydrogens (primary N) is 1. The molecule has 1 heterocycles. The number of aromatic nitrogens is 1. The van der Waals surface area contributed by atoms with Crippen molar-refractivity contribution in [3.05, 3.63) is 35.0 Å². The zero-order chi connectivity index (χ0) is 11.0. The Bertz CT molecular complexity index is 493. The lowest BCUT2D eigenvalue weighted by atomic mass is 10.1. The van der Waals surface area contributed by atoms with Crippen molar-refractivity contribution in [3.8, 4) is 0 Å². The van der Waals surface area contributed by atoms with Gasteiger partial charge in [-0.2, -0.15) is 0 Å². The molecule has 0 fully saturated rings. The highest BCUT2D eigenvalue weighted by atomic mass is 35.5. The molecule has 0 radical (unpaired) electrons. The van der Waals surface area contributed by atoms with Crippen LogP contribution in [0.25, 0.3) is 10.9 Å². The van der Waals surface area contributed by atoms with Crippen molar-refractivity contribution in [2.75, 3.05) is 6.54 Å². The van der Waals surface area contributed by atoms with Gasteiger partial charge >= 0.3 is 0 Å². The Kier molecular flexibility index (Phi) is 2.69. The Labute approximate surface area is 93.1 Å². The molecule has 2 aromatic rings. The van der Waals surface area contributed by atoms with E-state index < -0.39 is 6.10 Å². The van der Waals surface area contributed by atoms with Gasteiger partial charge in [0.2, 0.25) is 0 Å². The van der Waals surface area contributed by atoms with Crippen molar-refractivity contribution in [3.63, 3.8) is 0 Å². The summed E-state index contributed by atoms with van der Waals surface area (Å²) in [5.41, 5.74) is 7.24. The molecule has 0 aliphatic carbocycles. The predicted molar refractivity (Wildman–Crippen MR) is 61.9 cm³/mol. The molecule has 3 N–H and O–H groups in total. The second-order valence-electron chi connectivity index (χ2n) is 3.62. The van der Waals surface area contributed by atoms with Crippen LogP contribution in [0.2, 0.25) is 5.02 Å². The van der Waals surface area contributed by atoms with E-state index in [2.05, 4.69) is 0 Å². The van der Waals surface area contributed by atoms with Crippen LogP contribution in [0.5, 0.6) is 0 Å². The normalized spacial score (nSPS) is 13.3. The smallest absolute Gasteiger partial charge is 0.0912 e. The average molecular weight is 225 g/mol. The summed E-state index contributed by atoms with van der Waals surface area (Å²) in [5, 5.41) is 11.3. The highest BCUT2D eigenvalue weighted by molar-refractivity contribution is 6.35. The van der Waals surface area contributed by atoms with Crippen LogP contribution in [0.15, 0.2) is 24.4 Å². The first-order valence-corrected chi connectivity index (χ1v) is 5.14. The Morgan fingerprint density at radius 1 is 1.53 bits per heavy atom. The van der Waals surface area contributed by atoms with Gasteiger partial charge in [0.05, 0.1) is 11.1 Å². The molecule has 1 unspecified atom stereocenters. The highest BCUT2D eigenvalue weighted by Gasteiger charge is 2.09. The zero-order valence-corrected chi connectivity index (χ0v) is 9.20. The van der Waals surface area contributed by atoms with Crippen molar-refractivity contribution < 1.29 is 5.11 Å². The van der Waals surface area contributed by atoms with Crippen molar-refractivity contribution in [1.29, 1.82) is 0 Å². The number of benzene rings is 1. The van der Waals surface area contributed by atoms with Gasteiger partial charge in [0.1, 0.15) is 0 Å². The summed E-state index contributed by atoms with van der Waals surface area (Å²) < 4.78 is 1.93. The fraction of sp³-hybridized carbons (Fsp3) is 0.273. The molecule has 80 valence electrons. The fourth-order valence-electron chi connectivity index (χ4n) is 1.69. The van der Waals surface area contributed by atoms with Crippen LogP contribution in [-0.2, 0) is 7.05 Å². The minimum atomic E-state index is -0.608. The number of hydrogen-bond donors (Lipinski definition) is 2. The van der Waals surface area contributed by atoms with Crippen molar-refractivity contribution >= 4 is 22.5 Å². The number of halogens is 1. The molecule has 1 aromatic carbocycles. The molecule has 0 saturated carbocycles. The molecule has 0 bridgehead atoms. The van der Waals surface area contributed by atoms with Crippen LogP contribution in [0.4, 0.5) is 0 Å². The molecule has 2 rings (SSSR count). The summed E-state index contributed by atoms with van der Waals surface area (Å²) in [4.78, 5) is 0.